The Hall–Kier alpha value is -2.45. The Morgan fingerprint density at radius 1 is 1.14 bits per heavy atom. The molecule has 158 valence electrons. The zero-order chi connectivity index (χ0) is 21.8. The van der Waals surface area contributed by atoms with E-state index in [0.717, 1.165) is 9.87 Å². The third kappa shape index (κ3) is 5.55. The van der Waals surface area contributed by atoms with Crippen LogP contribution >= 0.6 is 0 Å². The highest BCUT2D eigenvalue weighted by Crippen LogP contribution is 2.27. The van der Waals surface area contributed by atoms with Gasteiger partial charge in [0.1, 0.15) is 16.5 Å². The number of amides is 1. The maximum absolute atomic E-state index is 13.1. The van der Waals surface area contributed by atoms with Gasteiger partial charge < -0.3 is 10.1 Å². The molecule has 2 aromatic carbocycles. The molecule has 0 spiro atoms. The van der Waals surface area contributed by atoms with Crippen molar-refractivity contribution < 1.29 is 22.3 Å². The van der Waals surface area contributed by atoms with Crippen LogP contribution in [0.2, 0.25) is 0 Å². The van der Waals surface area contributed by atoms with Gasteiger partial charge in [-0.2, -0.15) is 0 Å². The summed E-state index contributed by atoms with van der Waals surface area (Å²) in [5, 5.41) is 2.96. The minimum atomic E-state index is -3.78. The number of ether oxygens (including phenoxy) is 1. The summed E-state index contributed by atoms with van der Waals surface area (Å²) in [5.41, 5.74) is 1.12. The minimum Gasteiger partial charge on any atom is -0.495 e. The van der Waals surface area contributed by atoms with Gasteiger partial charge in [0.15, 0.2) is 0 Å². The average molecular weight is 423 g/mol. The Morgan fingerprint density at radius 2 is 1.76 bits per heavy atom. The summed E-state index contributed by atoms with van der Waals surface area (Å²) in [7, 11) is 0.427. The second-order valence-corrected chi connectivity index (χ2v) is 9.43. The van der Waals surface area contributed by atoms with Gasteiger partial charge in [0, 0.05) is 25.7 Å². The molecule has 0 aliphatic carbocycles. The fourth-order valence-electron chi connectivity index (χ4n) is 2.80. The number of nitrogens with zero attached hydrogens (tertiary/aromatic N) is 1. The monoisotopic (exact) mass is 422 g/mol. The minimum absolute atomic E-state index is 0.0720. The van der Waals surface area contributed by atoms with Crippen LogP contribution in [0, 0.1) is 11.7 Å². The summed E-state index contributed by atoms with van der Waals surface area (Å²) in [6.07, 6.45) is 0.530. The third-order valence-electron chi connectivity index (χ3n) is 4.67. The van der Waals surface area contributed by atoms with E-state index < -0.39 is 10.0 Å². The highest BCUT2D eigenvalue weighted by Gasteiger charge is 2.25. The number of carbonyl (C=O) groups excluding carboxylic acids is 1. The largest absolute Gasteiger partial charge is 0.495 e. The number of rotatable bonds is 8. The lowest BCUT2D eigenvalue weighted by Gasteiger charge is -2.23. The SMILES string of the molecule is COc1ccc(C(=O)N[C@@H](Cc2ccc(F)cc2)C(C)C)cc1S(=O)(=O)N(C)C. The maximum Gasteiger partial charge on any atom is 0.251 e. The second kappa shape index (κ2) is 9.37. The van der Waals surface area contributed by atoms with Gasteiger partial charge in [-0.25, -0.2) is 17.1 Å². The first-order valence-corrected chi connectivity index (χ1v) is 10.7. The average Bonchev–Trinajstić information content (AvgIpc) is 2.68. The summed E-state index contributed by atoms with van der Waals surface area (Å²) in [6.45, 7) is 3.95. The van der Waals surface area contributed by atoms with Crippen molar-refractivity contribution in [3.63, 3.8) is 0 Å². The van der Waals surface area contributed by atoms with Crippen molar-refractivity contribution in [3.8, 4) is 5.75 Å². The van der Waals surface area contributed by atoms with Crippen molar-refractivity contribution in [2.75, 3.05) is 21.2 Å². The molecule has 0 saturated carbocycles. The molecule has 0 aliphatic rings. The summed E-state index contributed by atoms with van der Waals surface area (Å²) in [6, 6.07) is 10.3. The van der Waals surface area contributed by atoms with Gasteiger partial charge in [-0.05, 0) is 48.2 Å². The number of sulfonamides is 1. The fraction of sp³-hybridized carbons (Fsp3) is 0.381. The molecule has 6 nitrogen and oxygen atoms in total. The van der Waals surface area contributed by atoms with Crippen molar-refractivity contribution >= 4 is 15.9 Å². The molecule has 0 saturated heterocycles. The molecule has 0 aliphatic heterocycles. The van der Waals surface area contributed by atoms with E-state index in [1.54, 1.807) is 12.1 Å². The molecular weight excluding hydrogens is 395 g/mol. The summed E-state index contributed by atoms with van der Waals surface area (Å²) in [4.78, 5) is 12.8. The van der Waals surface area contributed by atoms with Crippen LogP contribution < -0.4 is 10.1 Å². The Labute approximate surface area is 171 Å². The molecule has 8 heteroatoms. The van der Waals surface area contributed by atoms with Gasteiger partial charge in [-0.1, -0.05) is 26.0 Å². The molecule has 29 heavy (non-hydrogen) atoms. The number of halogens is 1. The lowest BCUT2D eigenvalue weighted by atomic mass is 9.96. The topological polar surface area (TPSA) is 75.7 Å². The molecular formula is C21H27FN2O4S. The predicted octanol–water partition coefficient (Wildman–Crippen LogP) is 3.08. The maximum atomic E-state index is 13.1. The Morgan fingerprint density at radius 3 is 2.28 bits per heavy atom. The molecule has 0 radical (unpaired) electrons. The summed E-state index contributed by atoms with van der Waals surface area (Å²) in [5.74, 6) is -0.412. The number of methoxy groups -OCH3 is 1. The first-order valence-electron chi connectivity index (χ1n) is 9.22. The zero-order valence-electron chi connectivity index (χ0n) is 17.3. The number of hydrogen-bond acceptors (Lipinski definition) is 4. The van der Waals surface area contributed by atoms with Crippen molar-refractivity contribution in [1.29, 1.82) is 0 Å². The van der Waals surface area contributed by atoms with Crippen LogP contribution in [-0.4, -0.2) is 45.9 Å². The fourth-order valence-corrected chi connectivity index (χ4v) is 3.87. The van der Waals surface area contributed by atoms with Crippen LogP contribution in [0.5, 0.6) is 5.75 Å². The Bertz CT molecular complexity index is 957. The Balaban J connectivity index is 2.29. The normalized spacial score (nSPS) is 12.8. The van der Waals surface area contributed by atoms with E-state index in [9.17, 15) is 17.6 Å². The van der Waals surface area contributed by atoms with Crippen LogP contribution in [0.1, 0.15) is 29.8 Å². The van der Waals surface area contributed by atoms with E-state index in [2.05, 4.69) is 5.32 Å². The Kier molecular flexibility index (Phi) is 7.37. The molecule has 0 aromatic heterocycles. The van der Waals surface area contributed by atoms with E-state index in [1.165, 1.54) is 51.5 Å². The van der Waals surface area contributed by atoms with E-state index in [1.807, 2.05) is 13.8 Å². The van der Waals surface area contributed by atoms with Crippen molar-refractivity contribution in [3.05, 3.63) is 59.4 Å². The molecule has 0 fully saturated rings. The van der Waals surface area contributed by atoms with Gasteiger partial charge in [0.05, 0.1) is 7.11 Å². The first kappa shape index (κ1) is 22.8. The third-order valence-corrected chi connectivity index (χ3v) is 6.51. The lowest BCUT2D eigenvalue weighted by molar-refractivity contribution is 0.0925. The van der Waals surface area contributed by atoms with Gasteiger partial charge in [0.25, 0.3) is 5.91 Å². The van der Waals surface area contributed by atoms with Crippen LogP contribution in [0.25, 0.3) is 0 Å². The van der Waals surface area contributed by atoms with Crippen LogP contribution in [-0.2, 0) is 16.4 Å². The molecule has 0 bridgehead atoms. The molecule has 0 unspecified atom stereocenters. The quantitative estimate of drug-likeness (QED) is 0.709. The number of benzene rings is 2. The van der Waals surface area contributed by atoms with Gasteiger partial charge in [-0.15, -0.1) is 0 Å². The van der Waals surface area contributed by atoms with E-state index in [4.69, 9.17) is 4.74 Å². The van der Waals surface area contributed by atoms with Crippen LogP contribution in [0.15, 0.2) is 47.4 Å². The molecule has 1 N–H and O–H groups in total. The highest BCUT2D eigenvalue weighted by molar-refractivity contribution is 7.89. The molecule has 2 rings (SSSR count). The lowest BCUT2D eigenvalue weighted by Crippen LogP contribution is -2.40. The first-order chi connectivity index (χ1) is 13.6. The molecule has 1 atom stereocenters. The second-order valence-electron chi connectivity index (χ2n) is 7.31. The predicted molar refractivity (Wildman–Crippen MR) is 110 cm³/mol. The van der Waals surface area contributed by atoms with Crippen LogP contribution in [0.3, 0.4) is 0 Å². The van der Waals surface area contributed by atoms with Crippen molar-refractivity contribution in [1.82, 2.24) is 9.62 Å². The summed E-state index contributed by atoms with van der Waals surface area (Å²) < 4.78 is 44.5. The molecule has 1 amide bonds. The number of carbonyl (C=O) groups is 1. The van der Waals surface area contributed by atoms with Crippen molar-refractivity contribution in [2.45, 2.75) is 31.2 Å². The molecule has 2 aromatic rings. The van der Waals surface area contributed by atoms with Gasteiger partial charge in [0.2, 0.25) is 10.0 Å². The van der Waals surface area contributed by atoms with Crippen LogP contribution in [0.4, 0.5) is 4.39 Å². The van der Waals surface area contributed by atoms with E-state index in [-0.39, 0.29) is 39.9 Å². The van der Waals surface area contributed by atoms with Gasteiger partial charge >= 0.3 is 0 Å². The van der Waals surface area contributed by atoms with E-state index >= 15 is 0 Å². The number of hydrogen-bond donors (Lipinski definition) is 1. The standard InChI is InChI=1S/C21H27FN2O4S/c1-14(2)18(12-15-6-9-17(22)10-7-15)23-21(25)16-8-11-19(28-5)20(13-16)29(26,27)24(3)4/h6-11,13-14,18H,12H2,1-5H3,(H,23,25)/t18-/m0/s1. The summed E-state index contributed by atoms with van der Waals surface area (Å²) >= 11 is 0. The number of nitrogens with one attached hydrogen (secondary N) is 1. The smallest absolute Gasteiger partial charge is 0.251 e. The zero-order valence-corrected chi connectivity index (χ0v) is 18.1. The molecule has 0 heterocycles. The highest BCUT2D eigenvalue weighted by atomic mass is 32.2. The van der Waals surface area contributed by atoms with Gasteiger partial charge in [-0.3, -0.25) is 4.79 Å². The van der Waals surface area contributed by atoms with E-state index in [0.29, 0.717) is 6.42 Å². The van der Waals surface area contributed by atoms with Crippen molar-refractivity contribution in [2.24, 2.45) is 5.92 Å².